The first-order valence-corrected chi connectivity index (χ1v) is 6.38. The lowest BCUT2D eigenvalue weighted by Crippen LogP contribution is -2.01. The highest BCUT2D eigenvalue weighted by Crippen LogP contribution is 2.24. The van der Waals surface area contributed by atoms with Crippen LogP contribution in [0.1, 0.15) is 5.56 Å². The standard InChI is InChI=1S/C13H11BrN4/c14-10-7-9(8-15)5-6-12(10)18-13-4-2-1-3-11(13)16-17-18/h1-7H,8,15H2. The van der Waals surface area contributed by atoms with E-state index in [-0.39, 0.29) is 0 Å². The van der Waals surface area contributed by atoms with Crippen LogP contribution >= 0.6 is 15.9 Å². The summed E-state index contributed by atoms with van der Waals surface area (Å²) in [6.45, 7) is 0.525. The molecule has 0 aliphatic rings. The lowest BCUT2D eigenvalue weighted by molar-refractivity contribution is 0.820. The van der Waals surface area contributed by atoms with Crippen molar-refractivity contribution in [2.75, 3.05) is 0 Å². The van der Waals surface area contributed by atoms with Gasteiger partial charge in [0.05, 0.1) is 11.2 Å². The molecule has 0 bridgehead atoms. The van der Waals surface area contributed by atoms with Gasteiger partial charge in [-0.1, -0.05) is 23.4 Å². The zero-order valence-electron chi connectivity index (χ0n) is 9.55. The highest BCUT2D eigenvalue weighted by atomic mass is 79.9. The number of para-hydroxylation sites is 1. The molecule has 0 amide bonds. The summed E-state index contributed by atoms with van der Waals surface area (Å²) in [5, 5.41) is 8.33. The first kappa shape index (κ1) is 11.4. The number of benzene rings is 2. The third-order valence-corrected chi connectivity index (χ3v) is 3.46. The topological polar surface area (TPSA) is 56.7 Å². The molecule has 2 aromatic carbocycles. The molecule has 0 fully saturated rings. The summed E-state index contributed by atoms with van der Waals surface area (Å²) in [5.41, 5.74) is 9.53. The van der Waals surface area contributed by atoms with Gasteiger partial charge in [0.15, 0.2) is 0 Å². The molecule has 0 unspecified atom stereocenters. The van der Waals surface area contributed by atoms with Gasteiger partial charge in [-0.05, 0) is 45.8 Å². The molecule has 1 heterocycles. The molecule has 3 rings (SSSR count). The Balaban J connectivity index is 2.20. The normalized spacial score (nSPS) is 11.0. The van der Waals surface area contributed by atoms with Gasteiger partial charge in [-0.2, -0.15) is 0 Å². The minimum atomic E-state index is 0.525. The molecular formula is C13H11BrN4. The fourth-order valence-electron chi connectivity index (χ4n) is 1.90. The molecule has 2 N–H and O–H groups in total. The molecule has 0 saturated heterocycles. The largest absolute Gasteiger partial charge is 0.326 e. The summed E-state index contributed by atoms with van der Waals surface area (Å²) < 4.78 is 2.78. The number of hydrogen-bond acceptors (Lipinski definition) is 3. The Morgan fingerprint density at radius 3 is 2.78 bits per heavy atom. The van der Waals surface area contributed by atoms with Crippen molar-refractivity contribution >= 4 is 27.0 Å². The first-order valence-electron chi connectivity index (χ1n) is 5.59. The van der Waals surface area contributed by atoms with Crippen molar-refractivity contribution in [2.24, 2.45) is 5.73 Å². The molecule has 18 heavy (non-hydrogen) atoms. The van der Waals surface area contributed by atoms with Crippen molar-refractivity contribution in [3.63, 3.8) is 0 Å². The van der Waals surface area contributed by atoms with Gasteiger partial charge in [0.2, 0.25) is 0 Å². The van der Waals surface area contributed by atoms with Gasteiger partial charge in [0.1, 0.15) is 5.52 Å². The summed E-state index contributed by atoms with van der Waals surface area (Å²) in [7, 11) is 0. The maximum absolute atomic E-state index is 5.62. The van der Waals surface area contributed by atoms with E-state index in [1.165, 1.54) is 0 Å². The molecule has 0 atom stereocenters. The van der Waals surface area contributed by atoms with E-state index in [0.29, 0.717) is 6.54 Å². The summed E-state index contributed by atoms with van der Waals surface area (Å²) in [6, 6.07) is 13.9. The van der Waals surface area contributed by atoms with Gasteiger partial charge in [0.25, 0.3) is 0 Å². The van der Waals surface area contributed by atoms with Crippen LogP contribution in [0.25, 0.3) is 16.7 Å². The summed E-state index contributed by atoms with van der Waals surface area (Å²) in [5.74, 6) is 0. The second-order valence-corrected chi connectivity index (χ2v) is 4.83. The maximum Gasteiger partial charge on any atom is 0.113 e. The predicted octanol–water partition coefficient (Wildman–Crippen LogP) is 2.64. The van der Waals surface area contributed by atoms with Crippen LogP contribution in [0.2, 0.25) is 0 Å². The first-order chi connectivity index (χ1) is 8.79. The van der Waals surface area contributed by atoms with Gasteiger partial charge < -0.3 is 5.73 Å². The number of hydrogen-bond donors (Lipinski definition) is 1. The molecular weight excluding hydrogens is 292 g/mol. The third kappa shape index (κ3) is 1.81. The summed E-state index contributed by atoms with van der Waals surface area (Å²) in [4.78, 5) is 0. The van der Waals surface area contributed by atoms with E-state index in [9.17, 15) is 0 Å². The molecule has 90 valence electrons. The van der Waals surface area contributed by atoms with Crippen LogP contribution in [0.3, 0.4) is 0 Å². The van der Waals surface area contributed by atoms with Crippen LogP contribution in [-0.2, 0) is 6.54 Å². The maximum atomic E-state index is 5.62. The lowest BCUT2D eigenvalue weighted by Gasteiger charge is -2.06. The summed E-state index contributed by atoms with van der Waals surface area (Å²) in [6.07, 6.45) is 0. The predicted molar refractivity (Wildman–Crippen MR) is 74.5 cm³/mol. The Kier molecular flexibility index (Phi) is 2.85. The SMILES string of the molecule is NCc1ccc(-n2nnc3ccccc32)c(Br)c1. The van der Waals surface area contributed by atoms with Crippen molar-refractivity contribution in [1.82, 2.24) is 15.0 Å². The van der Waals surface area contributed by atoms with Gasteiger partial charge >= 0.3 is 0 Å². The number of halogens is 1. The van der Waals surface area contributed by atoms with E-state index >= 15 is 0 Å². The number of nitrogens with two attached hydrogens (primary N) is 1. The van der Waals surface area contributed by atoms with Crippen molar-refractivity contribution < 1.29 is 0 Å². The van der Waals surface area contributed by atoms with Crippen LogP contribution in [0.15, 0.2) is 46.9 Å². The number of rotatable bonds is 2. The average Bonchev–Trinajstić information content (AvgIpc) is 2.82. The van der Waals surface area contributed by atoms with Crippen LogP contribution in [0.5, 0.6) is 0 Å². The van der Waals surface area contributed by atoms with E-state index in [1.54, 1.807) is 0 Å². The summed E-state index contributed by atoms with van der Waals surface area (Å²) >= 11 is 3.55. The minimum Gasteiger partial charge on any atom is -0.326 e. The van der Waals surface area contributed by atoms with Gasteiger partial charge in [-0.15, -0.1) is 5.10 Å². The Hall–Kier alpha value is -1.72. The molecule has 0 aliphatic carbocycles. The zero-order valence-corrected chi connectivity index (χ0v) is 11.1. The van der Waals surface area contributed by atoms with E-state index < -0.39 is 0 Å². The number of aromatic nitrogens is 3. The third-order valence-electron chi connectivity index (χ3n) is 2.83. The molecule has 1 aromatic heterocycles. The molecule has 0 saturated carbocycles. The van der Waals surface area contributed by atoms with Crippen molar-refractivity contribution in [2.45, 2.75) is 6.54 Å². The van der Waals surface area contributed by atoms with E-state index in [2.05, 4.69) is 26.2 Å². The van der Waals surface area contributed by atoms with Crippen molar-refractivity contribution in [3.05, 3.63) is 52.5 Å². The molecule has 4 nitrogen and oxygen atoms in total. The van der Waals surface area contributed by atoms with Crippen molar-refractivity contribution in [1.29, 1.82) is 0 Å². The second-order valence-electron chi connectivity index (χ2n) is 3.98. The Morgan fingerprint density at radius 1 is 1.17 bits per heavy atom. The highest BCUT2D eigenvalue weighted by molar-refractivity contribution is 9.10. The fourth-order valence-corrected chi connectivity index (χ4v) is 2.49. The Labute approximate surface area is 113 Å². The monoisotopic (exact) mass is 302 g/mol. The van der Waals surface area contributed by atoms with Crippen LogP contribution in [0.4, 0.5) is 0 Å². The minimum absolute atomic E-state index is 0.525. The Bertz CT molecular complexity index is 705. The van der Waals surface area contributed by atoms with Crippen molar-refractivity contribution in [3.8, 4) is 5.69 Å². The highest BCUT2D eigenvalue weighted by Gasteiger charge is 2.09. The molecule has 0 spiro atoms. The van der Waals surface area contributed by atoms with E-state index in [4.69, 9.17) is 5.73 Å². The zero-order chi connectivity index (χ0) is 12.5. The van der Waals surface area contributed by atoms with Crippen LogP contribution in [0, 0.1) is 0 Å². The number of nitrogens with zero attached hydrogens (tertiary/aromatic N) is 3. The van der Waals surface area contributed by atoms with Crippen LogP contribution < -0.4 is 5.73 Å². The quantitative estimate of drug-likeness (QED) is 0.792. The van der Waals surface area contributed by atoms with Gasteiger partial charge in [0, 0.05) is 11.0 Å². The molecule has 0 radical (unpaired) electrons. The number of fused-ring (bicyclic) bond motifs is 1. The Morgan fingerprint density at radius 2 is 2.00 bits per heavy atom. The fraction of sp³-hybridized carbons (Fsp3) is 0.0769. The lowest BCUT2D eigenvalue weighted by atomic mass is 10.2. The van der Waals surface area contributed by atoms with Gasteiger partial charge in [-0.25, -0.2) is 4.68 Å². The van der Waals surface area contributed by atoms with Crippen LogP contribution in [-0.4, -0.2) is 15.0 Å². The molecule has 5 heteroatoms. The van der Waals surface area contributed by atoms with Gasteiger partial charge in [-0.3, -0.25) is 0 Å². The molecule has 3 aromatic rings. The second kappa shape index (κ2) is 4.51. The van der Waals surface area contributed by atoms with E-state index in [0.717, 1.165) is 26.8 Å². The molecule has 0 aliphatic heterocycles. The smallest absolute Gasteiger partial charge is 0.113 e. The van der Waals surface area contributed by atoms with E-state index in [1.807, 2.05) is 47.1 Å². The average molecular weight is 303 g/mol.